The average Bonchev–Trinajstić information content (AvgIpc) is 3.08. The molecule has 2 radical (unpaired) electrons. The van der Waals surface area contributed by atoms with E-state index in [0.29, 0.717) is 0 Å². The molecule has 2 aromatic heterocycles. The second kappa shape index (κ2) is 6.46. The Morgan fingerprint density at radius 1 is 0.632 bits per heavy atom. The number of benzene rings is 2. The summed E-state index contributed by atoms with van der Waals surface area (Å²) in [4.78, 5) is 14.1. The van der Waals surface area contributed by atoms with E-state index in [2.05, 4.69) is 19.9 Å². The second-order valence-electron chi connectivity index (χ2n) is 3.84. The largest absolute Gasteiger partial charge is 0.345 e. The fourth-order valence-corrected chi connectivity index (χ4v) is 1.76. The van der Waals surface area contributed by atoms with Crippen LogP contribution in [0.2, 0.25) is 0 Å². The third-order valence-corrected chi connectivity index (χ3v) is 2.66. The fourth-order valence-electron chi connectivity index (χ4n) is 1.76. The number of imidazole rings is 2. The van der Waals surface area contributed by atoms with E-state index in [-0.39, 0.29) is 27.3 Å². The average molecular weight is 445 g/mol. The zero-order valence-electron chi connectivity index (χ0n) is 10.4. The van der Waals surface area contributed by atoms with Crippen LogP contribution in [0.25, 0.3) is 22.1 Å². The third kappa shape index (κ3) is 3.20. The molecule has 19 heavy (non-hydrogen) atoms. The first-order valence-corrected chi connectivity index (χ1v) is 5.70. The molecular weight excluding hydrogens is 431 g/mol. The van der Waals surface area contributed by atoms with Gasteiger partial charge in [-0.15, -0.1) is 0 Å². The van der Waals surface area contributed by atoms with Crippen molar-refractivity contribution in [2.24, 2.45) is 0 Å². The van der Waals surface area contributed by atoms with Gasteiger partial charge in [-0.2, -0.15) is 0 Å². The van der Waals surface area contributed by atoms with Crippen molar-refractivity contribution >= 4 is 49.4 Å². The summed E-state index contributed by atoms with van der Waals surface area (Å²) in [6.07, 6.45) is 3.40. The van der Waals surface area contributed by atoms with Gasteiger partial charge in [0.25, 0.3) is 0 Å². The van der Waals surface area contributed by atoms with E-state index < -0.39 is 0 Å². The maximum absolute atomic E-state index is 4.06. The molecule has 0 aliphatic carbocycles. The van der Waals surface area contributed by atoms with Gasteiger partial charge < -0.3 is 9.97 Å². The topological polar surface area (TPSA) is 57.4 Å². The van der Waals surface area contributed by atoms with Gasteiger partial charge in [-0.3, -0.25) is 0 Å². The fraction of sp³-hybridized carbons (Fsp3) is 0. The van der Waals surface area contributed by atoms with Crippen molar-refractivity contribution in [3.8, 4) is 0 Å². The zero-order chi connectivity index (χ0) is 12.2. The quantitative estimate of drug-likeness (QED) is 0.408. The molecule has 0 saturated heterocycles. The molecule has 0 aliphatic rings. The summed E-state index contributed by atoms with van der Waals surface area (Å²) in [7, 11) is 0. The van der Waals surface area contributed by atoms with E-state index in [9.17, 15) is 0 Å². The molecule has 94 valence electrons. The Kier molecular flexibility index (Phi) is 4.67. The summed E-state index contributed by atoms with van der Waals surface area (Å²) >= 11 is 0. The normalized spacial score (nSPS) is 9.68. The molecule has 0 spiro atoms. The monoisotopic (exact) mass is 446 g/mol. The maximum atomic E-state index is 4.06. The first-order chi connectivity index (χ1) is 8.93. The van der Waals surface area contributed by atoms with Gasteiger partial charge in [0.1, 0.15) is 0 Å². The molecule has 0 aliphatic heterocycles. The van der Waals surface area contributed by atoms with Crippen LogP contribution < -0.4 is 0 Å². The molecule has 4 nitrogen and oxygen atoms in total. The standard InChI is InChI=1S/2C7H6N2.Pb.2H/c2*1-2-4-7-6(3-1)8-5-9-7;;;/h2*1-5H,(H,8,9);;;. The van der Waals surface area contributed by atoms with E-state index in [1.807, 2.05) is 48.5 Å². The number of aromatic amines is 2. The second-order valence-corrected chi connectivity index (χ2v) is 3.84. The van der Waals surface area contributed by atoms with Crippen molar-refractivity contribution < 1.29 is 0 Å². The summed E-state index contributed by atoms with van der Waals surface area (Å²) in [6, 6.07) is 15.9. The van der Waals surface area contributed by atoms with E-state index >= 15 is 0 Å². The van der Waals surface area contributed by atoms with Crippen molar-refractivity contribution in [3.05, 3.63) is 61.2 Å². The minimum Gasteiger partial charge on any atom is -0.345 e. The molecule has 0 fully saturated rings. The number of nitrogens with one attached hydrogen (secondary N) is 2. The van der Waals surface area contributed by atoms with Crippen LogP contribution in [0.5, 0.6) is 0 Å². The molecule has 4 rings (SSSR count). The van der Waals surface area contributed by atoms with Crippen molar-refractivity contribution in [3.63, 3.8) is 0 Å². The van der Waals surface area contributed by atoms with E-state index in [0.717, 1.165) is 22.1 Å². The zero-order valence-corrected chi connectivity index (χ0v) is 15.9. The predicted molar refractivity (Wildman–Crippen MR) is 80.7 cm³/mol. The number of aromatic nitrogens is 4. The van der Waals surface area contributed by atoms with Crippen LogP contribution in [0.15, 0.2) is 61.2 Å². The molecule has 0 atom stereocenters. The minimum absolute atomic E-state index is 0. The predicted octanol–water partition coefficient (Wildman–Crippen LogP) is 2.21. The van der Waals surface area contributed by atoms with Crippen LogP contribution in [0.4, 0.5) is 0 Å². The van der Waals surface area contributed by atoms with Gasteiger partial charge in [-0.05, 0) is 24.3 Å². The first kappa shape index (κ1) is 13.7. The summed E-state index contributed by atoms with van der Waals surface area (Å²) in [5.41, 5.74) is 4.24. The molecule has 0 amide bonds. The van der Waals surface area contributed by atoms with Crippen molar-refractivity contribution in [2.45, 2.75) is 0 Å². The smallest absolute Gasteiger partial charge is 0.0931 e. The van der Waals surface area contributed by atoms with Gasteiger partial charge in [0.2, 0.25) is 0 Å². The van der Waals surface area contributed by atoms with Gasteiger partial charge in [0.05, 0.1) is 34.7 Å². The molecule has 0 saturated carbocycles. The van der Waals surface area contributed by atoms with Crippen LogP contribution in [0, 0.1) is 0 Å². The Balaban J connectivity index is 0.000000133. The number of hydrogen-bond donors (Lipinski definition) is 2. The van der Waals surface area contributed by atoms with Gasteiger partial charge in [0.15, 0.2) is 0 Å². The molecule has 0 bridgehead atoms. The van der Waals surface area contributed by atoms with Crippen LogP contribution in [-0.2, 0) is 0 Å². The number of H-pyrrole nitrogens is 2. The Hall–Kier alpha value is -1.70. The molecule has 2 N–H and O–H groups in total. The summed E-state index contributed by atoms with van der Waals surface area (Å²) in [6.45, 7) is 0. The molecule has 4 aromatic rings. The summed E-state index contributed by atoms with van der Waals surface area (Å²) in [5, 5.41) is 0. The van der Waals surface area contributed by atoms with Gasteiger partial charge >= 0.3 is 27.3 Å². The molecule has 2 heterocycles. The van der Waals surface area contributed by atoms with Crippen LogP contribution in [0.3, 0.4) is 0 Å². The van der Waals surface area contributed by atoms with E-state index in [1.165, 1.54) is 0 Å². The van der Waals surface area contributed by atoms with Crippen molar-refractivity contribution in [1.82, 2.24) is 19.9 Å². The van der Waals surface area contributed by atoms with Crippen LogP contribution >= 0.6 is 0 Å². The first-order valence-electron chi connectivity index (χ1n) is 5.70. The number of fused-ring (bicyclic) bond motifs is 2. The summed E-state index contributed by atoms with van der Waals surface area (Å²) < 4.78 is 0. The molecule has 2 aromatic carbocycles. The van der Waals surface area contributed by atoms with Crippen LogP contribution in [-0.4, -0.2) is 47.2 Å². The minimum atomic E-state index is 0. The third-order valence-electron chi connectivity index (χ3n) is 2.66. The maximum Gasteiger partial charge on any atom is 0.0931 e. The van der Waals surface area contributed by atoms with E-state index in [4.69, 9.17) is 0 Å². The van der Waals surface area contributed by atoms with Gasteiger partial charge in [0, 0.05) is 0 Å². The SMILES string of the molecule is [PbH2].c1ccc2[nH]cnc2c1.c1ccc2[nH]cnc2c1. The number of hydrogen-bond acceptors (Lipinski definition) is 2. The van der Waals surface area contributed by atoms with Crippen molar-refractivity contribution in [2.75, 3.05) is 0 Å². The number of rotatable bonds is 0. The molecule has 5 heteroatoms. The Bertz CT molecular complexity index is 633. The Morgan fingerprint density at radius 3 is 1.47 bits per heavy atom. The number of nitrogens with zero attached hydrogens (tertiary/aromatic N) is 2. The molecular formula is C14H14N4Pb. The van der Waals surface area contributed by atoms with Gasteiger partial charge in [-0.1, -0.05) is 24.3 Å². The van der Waals surface area contributed by atoms with E-state index in [1.54, 1.807) is 12.7 Å². The Labute approximate surface area is 130 Å². The summed E-state index contributed by atoms with van der Waals surface area (Å²) in [5.74, 6) is 0. The van der Waals surface area contributed by atoms with Gasteiger partial charge in [-0.25, -0.2) is 9.97 Å². The number of para-hydroxylation sites is 4. The van der Waals surface area contributed by atoms with Crippen LogP contribution in [0.1, 0.15) is 0 Å². The van der Waals surface area contributed by atoms with Crippen molar-refractivity contribution in [1.29, 1.82) is 0 Å². The molecule has 0 unspecified atom stereocenters. The Morgan fingerprint density at radius 2 is 1.05 bits per heavy atom.